The molecule has 2 aromatic rings. The van der Waals surface area contributed by atoms with Crippen molar-refractivity contribution >= 4 is 17.2 Å². The summed E-state index contributed by atoms with van der Waals surface area (Å²) in [7, 11) is 1.55. The van der Waals surface area contributed by atoms with Crippen LogP contribution in [0, 0.1) is 19.3 Å². The second kappa shape index (κ2) is 6.75. The van der Waals surface area contributed by atoms with Crippen LogP contribution >= 0.6 is 11.3 Å². The smallest absolute Gasteiger partial charge is 0.248 e. The molecule has 2 saturated heterocycles. The zero-order chi connectivity index (χ0) is 18.3. The number of ether oxygens (including phenoxy) is 1. The Hall–Kier alpha value is -1.77. The van der Waals surface area contributed by atoms with Crippen LogP contribution in [-0.2, 0) is 16.1 Å². The third-order valence-corrected chi connectivity index (χ3v) is 6.35. The van der Waals surface area contributed by atoms with Crippen LogP contribution in [0.2, 0.25) is 0 Å². The summed E-state index contributed by atoms with van der Waals surface area (Å²) in [6, 6.07) is 4.37. The average molecular weight is 376 g/mol. The molecular formula is C18H24N4O3S. The fourth-order valence-corrected chi connectivity index (χ4v) is 5.17. The Labute approximate surface area is 156 Å². The normalized spacial score (nSPS) is 22.1. The largest absolute Gasteiger partial charge is 0.375 e. The van der Waals surface area contributed by atoms with Gasteiger partial charge in [-0.05, 0) is 26.0 Å². The highest BCUT2D eigenvalue weighted by Gasteiger charge is 2.57. The van der Waals surface area contributed by atoms with Gasteiger partial charge in [0.25, 0.3) is 0 Å². The summed E-state index contributed by atoms with van der Waals surface area (Å²) >= 11 is 1.85. The van der Waals surface area contributed by atoms with Crippen molar-refractivity contribution in [2.45, 2.75) is 26.3 Å². The maximum atomic E-state index is 12.4. The van der Waals surface area contributed by atoms with Crippen molar-refractivity contribution in [1.29, 1.82) is 0 Å². The summed E-state index contributed by atoms with van der Waals surface area (Å²) in [5.41, 5.74) is -0.00528. The Bertz CT molecular complexity index is 796. The topological polar surface area (TPSA) is 71.7 Å². The molecule has 2 aliphatic heterocycles. The number of likely N-dealkylation sites (tertiary alicyclic amines) is 2. The second-order valence-corrected chi connectivity index (χ2v) is 8.83. The Balaban J connectivity index is 1.49. The number of hydrogen-bond donors (Lipinski definition) is 0. The first-order chi connectivity index (χ1) is 12.5. The quantitative estimate of drug-likeness (QED) is 0.793. The van der Waals surface area contributed by atoms with Crippen LogP contribution in [0.3, 0.4) is 0 Å². The van der Waals surface area contributed by atoms with Crippen molar-refractivity contribution in [3.05, 3.63) is 33.6 Å². The van der Waals surface area contributed by atoms with Crippen LogP contribution in [0.25, 0.3) is 0 Å². The van der Waals surface area contributed by atoms with E-state index in [-0.39, 0.29) is 23.8 Å². The summed E-state index contributed by atoms with van der Waals surface area (Å²) in [6.07, 6.45) is 0. The van der Waals surface area contributed by atoms with Gasteiger partial charge in [0.15, 0.2) is 5.82 Å². The lowest BCUT2D eigenvalue weighted by atomic mass is 9.71. The first-order valence-electron chi connectivity index (χ1n) is 8.84. The Morgan fingerprint density at radius 1 is 1.38 bits per heavy atom. The molecule has 26 heavy (non-hydrogen) atoms. The fraction of sp³-hybridized carbons (Fsp3) is 0.611. The van der Waals surface area contributed by atoms with Crippen molar-refractivity contribution in [3.63, 3.8) is 0 Å². The number of methoxy groups -OCH3 is 1. The van der Waals surface area contributed by atoms with Crippen molar-refractivity contribution in [2.75, 3.05) is 39.9 Å². The van der Waals surface area contributed by atoms with E-state index in [1.165, 1.54) is 9.75 Å². The van der Waals surface area contributed by atoms with E-state index in [0.29, 0.717) is 18.3 Å². The average Bonchev–Trinajstić information content (AvgIpc) is 3.26. The molecule has 4 heterocycles. The first kappa shape index (κ1) is 17.6. The monoisotopic (exact) mass is 376 g/mol. The molecule has 0 bridgehead atoms. The second-order valence-electron chi connectivity index (χ2n) is 7.46. The van der Waals surface area contributed by atoms with E-state index in [1.54, 1.807) is 7.11 Å². The summed E-state index contributed by atoms with van der Waals surface area (Å²) in [4.78, 5) is 23.9. The number of hydrogen-bond acceptors (Lipinski definition) is 7. The number of rotatable bonds is 5. The molecule has 7 nitrogen and oxygen atoms in total. The van der Waals surface area contributed by atoms with Gasteiger partial charge in [0, 0.05) is 55.0 Å². The standard InChI is InChI=1S/C18H24N4O3S/c1-12-4-5-14(26-12)6-21-9-18(10-21)11-22(16(23)8-24-3)7-15(18)17-19-13(2)20-25-17/h4-5,15H,6-11H2,1-3H3. The molecule has 0 aliphatic carbocycles. The van der Waals surface area contributed by atoms with Crippen molar-refractivity contribution in [3.8, 4) is 0 Å². The molecule has 0 radical (unpaired) electrons. The van der Waals surface area contributed by atoms with Crippen LogP contribution in [0.1, 0.15) is 27.4 Å². The van der Waals surface area contributed by atoms with Gasteiger partial charge in [0.05, 0.1) is 5.92 Å². The van der Waals surface area contributed by atoms with E-state index in [9.17, 15) is 4.79 Å². The lowest BCUT2D eigenvalue weighted by Crippen LogP contribution is -2.59. The van der Waals surface area contributed by atoms with E-state index in [2.05, 4.69) is 34.1 Å². The molecule has 1 unspecified atom stereocenters. The maximum absolute atomic E-state index is 12.4. The van der Waals surface area contributed by atoms with E-state index in [0.717, 1.165) is 26.2 Å². The lowest BCUT2D eigenvalue weighted by Gasteiger charge is -2.50. The minimum absolute atomic E-state index is 0.00528. The van der Waals surface area contributed by atoms with Gasteiger partial charge in [-0.2, -0.15) is 4.98 Å². The highest BCUT2D eigenvalue weighted by Crippen LogP contribution is 2.49. The molecule has 4 rings (SSSR count). The zero-order valence-electron chi connectivity index (χ0n) is 15.4. The van der Waals surface area contributed by atoms with E-state index < -0.39 is 0 Å². The molecule has 0 aromatic carbocycles. The zero-order valence-corrected chi connectivity index (χ0v) is 16.2. The number of amides is 1. The van der Waals surface area contributed by atoms with Crippen LogP contribution in [0.4, 0.5) is 0 Å². The van der Waals surface area contributed by atoms with Crippen molar-refractivity contribution in [1.82, 2.24) is 19.9 Å². The van der Waals surface area contributed by atoms with E-state index >= 15 is 0 Å². The summed E-state index contributed by atoms with van der Waals surface area (Å²) in [6.45, 7) is 8.26. The van der Waals surface area contributed by atoms with Crippen LogP contribution in [0.15, 0.2) is 16.7 Å². The molecule has 140 valence electrons. The summed E-state index contributed by atoms with van der Waals surface area (Å²) in [5.74, 6) is 1.41. The maximum Gasteiger partial charge on any atom is 0.248 e. The van der Waals surface area contributed by atoms with Crippen molar-refractivity contribution < 1.29 is 14.1 Å². The molecule has 2 aromatic heterocycles. The summed E-state index contributed by atoms with van der Waals surface area (Å²) < 4.78 is 10.5. The van der Waals surface area contributed by atoms with Gasteiger partial charge in [0.1, 0.15) is 6.61 Å². The van der Waals surface area contributed by atoms with Gasteiger partial charge >= 0.3 is 0 Å². The molecule has 1 atom stereocenters. The minimum atomic E-state index is -0.00528. The van der Waals surface area contributed by atoms with E-state index in [1.807, 2.05) is 23.2 Å². The highest BCUT2D eigenvalue weighted by atomic mass is 32.1. The Kier molecular flexibility index (Phi) is 4.58. The molecule has 0 N–H and O–H groups in total. The number of carbonyl (C=O) groups excluding carboxylic acids is 1. The fourth-order valence-electron chi connectivity index (χ4n) is 4.24. The highest BCUT2D eigenvalue weighted by molar-refractivity contribution is 7.11. The van der Waals surface area contributed by atoms with Crippen LogP contribution in [0.5, 0.6) is 0 Å². The Morgan fingerprint density at radius 3 is 2.81 bits per heavy atom. The number of aromatic nitrogens is 2. The third kappa shape index (κ3) is 3.17. The number of thiophene rings is 1. The van der Waals surface area contributed by atoms with E-state index in [4.69, 9.17) is 9.26 Å². The predicted octanol–water partition coefficient (Wildman–Crippen LogP) is 1.82. The predicted molar refractivity (Wildman–Crippen MR) is 97.0 cm³/mol. The van der Waals surface area contributed by atoms with Crippen LogP contribution < -0.4 is 0 Å². The van der Waals surface area contributed by atoms with Gasteiger partial charge in [0.2, 0.25) is 11.8 Å². The molecule has 2 fully saturated rings. The molecule has 8 heteroatoms. The third-order valence-electron chi connectivity index (χ3n) is 5.36. The molecule has 1 spiro atoms. The molecule has 1 amide bonds. The van der Waals surface area contributed by atoms with Gasteiger partial charge < -0.3 is 14.2 Å². The Morgan fingerprint density at radius 2 is 2.19 bits per heavy atom. The van der Waals surface area contributed by atoms with Gasteiger partial charge in [-0.1, -0.05) is 5.16 Å². The SMILES string of the molecule is COCC(=O)N1CC(c2nc(C)no2)C2(CN(Cc3ccc(C)s3)C2)C1. The van der Waals surface area contributed by atoms with Gasteiger partial charge in [-0.15, -0.1) is 11.3 Å². The molecule has 0 saturated carbocycles. The molecular weight excluding hydrogens is 352 g/mol. The number of nitrogens with zero attached hydrogens (tertiary/aromatic N) is 4. The van der Waals surface area contributed by atoms with Crippen LogP contribution in [-0.4, -0.2) is 65.7 Å². The van der Waals surface area contributed by atoms with Gasteiger partial charge in [-0.25, -0.2) is 0 Å². The molecule has 2 aliphatic rings. The van der Waals surface area contributed by atoms with Crippen molar-refractivity contribution in [2.24, 2.45) is 5.41 Å². The lowest BCUT2D eigenvalue weighted by molar-refractivity contribution is -0.135. The minimum Gasteiger partial charge on any atom is -0.375 e. The van der Waals surface area contributed by atoms with Gasteiger partial charge in [-0.3, -0.25) is 9.69 Å². The number of carbonyl (C=O) groups is 1. The number of aryl methyl sites for hydroxylation is 2. The summed E-state index contributed by atoms with van der Waals surface area (Å²) in [5, 5.41) is 3.95. The first-order valence-corrected chi connectivity index (χ1v) is 9.65.